The summed E-state index contributed by atoms with van der Waals surface area (Å²) in [6.45, 7) is 6.06. The van der Waals surface area contributed by atoms with Gasteiger partial charge in [0.1, 0.15) is 0 Å². The van der Waals surface area contributed by atoms with Gasteiger partial charge in [-0.15, -0.1) is 11.8 Å². The zero-order valence-electron chi connectivity index (χ0n) is 20.2. The van der Waals surface area contributed by atoms with E-state index in [4.69, 9.17) is 5.11 Å². The van der Waals surface area contributed by atoms with E-state index in [1.54, 1.807) is 11.8 Å². The topological polar surface area (TPSA) is 111 Å². The number of H-pyrrole nitrogens is 1. The second kappa shape index (κ2) is 8.76. The van der Waals surface area contributed by atoms with E-state index in [9.17, 15) is 19.2 Å². The molecular weight excluding hydrogens is 498 g/mol. The number of amides is 2. The number of thioether (sulfide) groups is 1. The third-order valence-corrected chi connectivity index (χ3v) is 11.3. The van der Waals surface area contributed by atoms with E-state index in [2.05, 4.69) is 48.0 Å². The number of benzene rings is 1. The molecule has 7 atom stereocenters. The number of aromatic nitrogens is 1. The predicted octanol–water partition coefficient (Wildman–Crippen LogP) is 3.23. The average molecular weight is 528 g/mol. The minimum absolute atomic E-state index is 0.00660. The number of nitrogens with zero attached hydrogens (tertiary/aromatic N) is 2. The maximum atomic E-state index is 13.4. The number of aliphatic carboxylic acids is 1. The Morgan fingerprint density at radius 3 is 2.39 bits per heavy atom. The Kier molecular flexibility index (Phi) is 5.79. The number of fused-ring (bicyclic) bond motifs is 9. The molecule has 2 saturated carbocycles. The van der Waals surface area contributed by atoms with Crippen LogP contribution < -0.4 is 9.77 Å². The van der Waals surface area contributed by atoms with Crippen molar-refractivity contribution in [2.45, 2.75) is 42.9 Å². The van der Waals surface area contributed by atoms with E-state index in [1.165, 1.54) is 16.2 Å². The summed E-state index contributed by atoms with van der Waals surface area (Å²) < 4.78 is 0. The quantitative estimate of drug-likeness (QED) is 0.532. The lowest BCUT2D eigenvalue weighted by Crippen LogP contribution is -2.42. The highest BCUT2D eigenvalue weighted by Crippen LogP contribution is 2.68. The summed E-state index contributed by atoms with van der Waals surface area (Å²) >= 11 is 2.92. The van der Waals surface area contributed by atoms with Crippen molar-refractivity contribution in [1.82, 2.24) is 9.88 Å². The number of nitrogens with one attached hydrogen (secondary N) is 1. The number of likely N-dealkylation sites (tertiary alicyclic amines) is 1. The zero-order chi connectivity index (χ0) is 25.3. The van der Waals surface area contributed by atoms with Gasteiger partial charge in [0.15, 0.2) is 0 Å². The van der Waals surface area contributed by atoms with E-state index in [0.29, 0.717) is 0 Å². The molecule has 2 aliphatic heterocycles. The zero-order valence-corrected chi connectivity index (χ0v) is 21.8. The molecule has 4 aliphatic rings. The van der Waals surface area contributed by atoms with Crippen LogP contribution in [0.15, 0.2) is 34.1 Å². The molecule has 0 spiro atoms. The number of rotatable bonds is 7. The van der Waals surface area contributed by atoms with Crippen LogP contribution in [-0.2, 0) is 14.4 Å². The van der Waals surface area contributed by atoms with Crippen molar-refractivity contribution in [3.63, 3.8) is 0 Å². The second-order valence-corrected chi connectivity index (χ2v) is 12.4. The number of carboxylic acid groups (broad SMARTS) is 1. The standard InChI is InChI=1S/C26H29N3O5S2/c1-3-28(4-2)13-7-5-12(6-8-13)17-18-14-11-15(21(18)35-23-22(17)36-26(34)27-23)20-19(14)24(32)29(25(20)33)10-9-16(30)31/h5-8,14-15,17-21H,3-4,9-11H2,1-2H3,(H,27,34)(H,30,31)/t14-,15+,17-,18+,19+,20-,21-/m1/s1. The molecule has 190 valence electrons. The minimum atomic E-state index is -1.01. The number of imide groups is 1. The van der Waals surface area contributed by atoms with Crippen LogP contribution in [0.5, 0.6) is 0 Å². The van der Waals surface area contributed by atoms with E-state index in [-0.39, 0.29) is 70.4 Å². The van der Waals surface area contributed by atoms with Crippen molar-refractivity contribution >= 4 is 46.6 Å². The molecular formula is C26H29N3O5S2. The average Bonchev–Trinajstić information content (AvgIpc) is 3.58. The first-order valence-corrected chi connectivity index (χ1v) is 14.3. The normalized spacial score (nSPS) is 31.9. The first kappa shape index (κ1) is 23.8. The van der Waals surface area contributed by atoms with Crippen LogP contribution in [0.4, 0.5) is 5.69 Å². The molecule has 8 nitrogen and oxygen atoms in total. The van der Waals surface area contributed by atoms with Crippen LogP contribution in [0, 0.1) is 29.6 Å². The van der Waals surface area contributed by atoms with E-state index < -0.39 is 5.97 Å². The summed E-state index contributed by atoms with van der Waals surface area (Å²) in [7, 11) is 0. The van der Waals surface area contributed by atoms with Gasteiger partial charge in [-0.2, -0.15) is 0 Å². The molecule has 1 saturated heterocycles. The van der Waals surface area contributed by atoms with Crippen molar-refractivity contribution < 1.29 is 19.5 Å². The largest absolute Gasteiger partial charge is 0.481 e. The highest BCUT2D eigenvalue weighted by atomic mass is 32.2. The molecule has 1 aromatic heterocycles. The maximum absolute atomic E-state index is 13.4. The Bertz CT molecular complexity index is 1280. The van der Waals surface area contributed by atoms with Gasteiger partial charge in [-0.05, 0) is 55.7 Å². The van der Waals surface area contributed by atoms with Crippen LogP contribution in [0.1, 0.15) is 43.0 Å². The summed E-state index contributed by atoms with van der Waals surface area (Å²) in [5.74, 6) is -1.94. The minimum Gasteiger partial charge on any atom is -0.481 e. The number of carboxylic acids is 1. The number of aromatic amines is 1. The summed E-state index contributed by atoms with van der Waals surface area (Å²) in [5.41, 5.74) is 2.30. The molecule has 2 aliphatic carbocycles. The molecule has 2 bridgehead atoms. The second-order valence-electron chi connectivity index (χ2n) is 10.2. The fourth-order valence-electron chi connectivity index (χ4n) is 7.36. The molecule has 36 heavy (non-hydrogen) atoms. The van der Waals surface area contributed by atoms with Crippen molar-refractivity contribution in [2.75, 3.05) is 24.5 Å². The molecule has 6 rings (SSSR count). The molecule has 10 heteroatoms. The lowest BCUT2D eigenvalue weighted by molar-refractivity contribution is -0.142. The molecule has 1 aromatic carbocycles. The van der Waals surface area contributed by atoms with E-state index in [1.807, 2.05) is 0 Å². The lowest BCUT2D eigenvalue weighted by atomic mass is 9.68. The summed E-state index contributed by atoms with van der Waals surface area (Å²) in [6, 6.07) is 8.59. The van der Waals surface area contributed by atoms with Crippen LogP contribution in [0.2, 0.25) is 0 Å². The monoisotopic (exact) mass is 527 g/mol. The van der Waals surface area contributed by atoms with Gasteiger partial charge in [-0.1, -0.05) is 23.5 Å². The summed E-state index contributed by atoms with van der Waals surface area (Å²) in [6.07, 6.45) is 0.600. The third-order valence-electron chi connectivity index (χ3n) is 8.75. The van der Waals surface area contributed by atoms with Crippen molar-refractivity contribution in [1.29, 1.82) is 0 Å². The first-order valence-electron chi connectivity index (χ1n) is 12.7. The summed E-state index contributed by atoms with van der Waals surface area (Å²) in [5, 5.41) is 10.1. The van der Waals surface area contributed by atoms with Crippen LogP contribution in [0.3, 0.4) is 0 Å². The van der Waals surface area contributed by atoms with E-state index in [0.717, 1.165) is 40.7 Å². The number of hydrogen-bond donors (Lipinski definition) is 2. The Balaban J connectivity index is 1.38. The fraction of sp³-hybridized carbons (Fsp3) is 0.538. The molecule has 2 amide bonds. The predicted molar refractivity (Wildman–Crippen MR) is 137 cm³/mol. The number of carbonyl (C=O) groups excluding carboxylic acids is 2. The fourth-order valence-corrected chi connectivity index (χ4v) is 10.2. The van der Waals surface area contributed by atoms with Gasteiger partial charge < -0.3 is 15.0 Å². The molecule has 0 radical (unpaired) electrons. The molecule has 3 fully saturated rings. The van der Waals surface area contributed by atoms with Gasteiger partial charge in [0.25, 0.3) is 0 Å². The number of hydrogen-bond acceptors (Lipinski definition) is 7. The van der Waals surface area contributed by atoms with E-state index >= 15 is 0 Å². The van der Waals surface area contributed by atoms with Crippen LogP contribution in [0.25, 0.3) is 0 Å². The van der Waals surface area contributed by atoms with Crippen molar-refractivity contribution in [2.24, 2.45) is 29.6 Å². The smallest absolute Gasteiger partial charge is 0.305 e. The first-order chi connectivity index (χ1) is 17.3. The molecule has 2 aromatic rings. The van der Waals surface area contributed by atoms with Crippen LogP contribution >= 0.6 is 23.1 Å². The third kappa shape index (κ3) is 3.40. The van der Waals surface area contributed by atoms with Crippen LogP contribution in [-0.4, -0.2) is 57.7 Å². The summed E-state index contributed by atoms with van der Waals surface area (Å²) in [4.78, 5) is 57.7. The Labute approximate surface area is 217 Å². The van der Waals surface area contributed by atoms with Gasteiger partial charge in [0.05, 0.1) is 23.3 Å². The Hall–Kier alpha value is -2.59. The Morgan fingerprint density at radius 2 is 1.75 bits per heavy atom. The Morgan fingerprint density at radius 1 is 1.08 bits per heavy atom. The molecule has 0 unspecified atom stereocenters. The van der Waals surface area contributed by atoms with Gasteiger partial charge in [0, 0.05) is 41.4 Å². The SMILES string of the molecule is CCN(CC)c1ccc([C@H]2c3sc(=O)[nH]c3S[C@@H]3[C@H]4C[C@@H]([C@@H]5C(=O)N(CCC(=O)O)C(=O)[C@H]45)[C@@H]23)cc1. The highest BCUT2D eigenvalue weighted by Gasteiger charge is 2.69. The van der Waals surface area contributed by atoms with Crippen molar-refractivity contribution in [3.05, 3.63) is 44.4 Å². The number of anilines is 1. The highest BCUT2D eigenvalue weighted by molar-refractivity contribution is 8.00. The van der Waals surface area contributed by atoms with Gasteiger partial charge in [-0.25, -0.2) is 0 Å². The number of thiazole rings is 1. The lowest BCUT2D eigenvalue weighted by Gasteiger charge is -2.43. The van der Waals surface area contributed by atoms with Gasteiger partial charge in [-0.3, -0.25) is 24.1 Å². The maximum Gasteiger partial charge on any atom is 0.305 e. The molecule has 3 heterocycles. The molecule has 2 N–H and O–H groups in total. The number of carbonyl (C=O) groups is 3. The van der Waals surface area contributed by atoms with Crippen molar-refractivity contribution in [3.8, 4) is 0 Å². The van der Waals surface area contributed by atoms with Gasteiger partial charge >= 0.3 is 10.8 Å². The van der Waals surface area contributed by atoms with Gasteiger partial charge in [0.2, 0.25) is 11.8 Å².